The molecule has 4 rings (SSSR count). The molecule has 1 fully saturated rings. The zero-order chi connectivity index (χ0) is 29.2. The summed E-state index contributed by atoms with van der Waals surface area (Å²) >= 11 is 18.7. The molecule has 1 atom stereocenters. The van der Waals surface area contributed by atoms with Gasteiger partial charge < -0.3 is 20.1 Å². The van der Waals surface area contributed by atoms with E-state index in [2.05, 4.69) is 33.5 Å². The van der Waals surface area contributed by atoms with Crippen LogP contribution in [0.5, 0.6) is 0 Å². The van der Waals surface area contributed by atoms with Gasteiger partial charge in [0.25, 0.3) is 0 Å². The average molecular weight is 612 g/mol. The molecule has 0 spiro atoms. The molecule has 2 aromatic carbocycles. The van der Waals surface area contributed by atoms with Crippen LogP contribution >= 0.6 is 35.4 Å². The van der Waals surface area contributed by atoms with Gasteiger partial charge in [-0.3, -0.25) is 4.79 Å². The highest BCUT2D eigenvalue weighted by Crippen LogP contribution is 2.27. The summed E-state index contributed by atoms with van der Waals surface area (Å²) in [6.45, 7) is 3.65. The number of benzene rings is 2. The maximum absolute atomic E-state index is 13.2. The minimum atomic E-state index is -0.124. The summed E-state index contributed by atoms with van der Waals surface area (Å²) in [7, 11) is 0. The zero-order valence-corrected chi connectivity index (χ0v) is 25.6. The number of carbonyl (C=O) groups is 1. The predicted octanol–water partition coefficient (Wildman–Crippen LogP) is 6.26. The fraction of sp³-hybridized carbons (Fsp3) is 0.419. The number of imidazole rings is 1. The number of rotatable bonds is 11. The third-order valence-electron chi connectivity index (χ3n) is 7.49. The van der Waals surface area contributed by atoms with E-state index in [0.29, 0.717) is 46.4 Å². The molecule has 7 nitrogen and oxygen atoms in total. The highest BCUT2D eigenvalue weighted by molar-refractivity contribution is 7.80. The van der Waals surface area contributed by atoms with Gasteiger partial charge in [0.05, 0.1) is 34.4 Å². The van der Waals surface area contributed by atoms with E-state index in [9.17, 15) is 4.79 Å². The first kappa shape index (κ1) is 30.8. The zero-order valence-electron chi connectivity index (χ0n) is 23.3. The SMILES string of the molecule is CC[C@@H](CN(Cc1cccc(Cl)c1Cl)C(=S)NC1CCCCC1)NC(=O)Cc1cncn1Cc1ccc(C#N)cc1. The molecule has 2 N–H and O–H groups in total. The topological polar surface area (TPSA) is 86.0 Å². The number of nitrogens with one attached hydrogen (secondary N) is 2. The second-order valence-corrected chi connectivity index (χ2v) is 11.7. The average Bonchev–Trinajstić information content (AvgIpc) is 3.41. The number of thiocarbonyl (C=S) groups is 1. The Kier molecular flexibility index (Phi) is 11.4. The molecule has 41 heavy (non-hydrogen) atoms. The molecule has 0 bridgehead atoms. The summed E-state index contributed by atoms with van der Waals surface area (Å²) < 4.78 is 1.96. The van der Waals surface area contributed by atoms with E-state index in [4.69, 9.17) is 40.7 Å². The highest BCUT2D eigenvalue weighted by atomic mass is 35.5. The van der Waals surface area contributed by atoms with E-state index in [1.165, 1.54) is 19.3 Å². The Hall–Kier alpha value is -3.12. The minimum absolute atomic E-state index is 0.0784. The van der Waals surface area contributed by atoms with Crippen LogP contribution in [-0.4, -0.2) is 44.1 Å². The molecule has 10 heteroatoms. The number of hydrogen-bond acceptors (Lipinski definition) is 4. The van der Waals surface area contributed by atoms with Gasteiger partial charge in [0.15, 0.2) is 5.11 Å². The summed E-state index contributed by atoms with van der Waals surface area (Å²) in [4.78, 5) is 19.6. The largest absolute Gasteiger partial charge is 0.360 e. The third kappa shape index (κ3) is 8.93. The monoisotopic (exact) mass is 610 g/mol. The van der Waals surface area contributed by atoms with Crippen LogP contribution in [0.4, 0.5) is 0 Å². The molecule has 1 aliphatic carbocycles. The Bertz CT molecular complexity index is 1360. The number of aromatic nitrogens is 2. The van der Waals surface area contributed by atoms with Crippen LogP contribution in [0.1, 0.15) is 67.8 Å². The summed E-state index contributed by atoms with van der Waals surface area (Å²) in [5.74, 6) is -0.0784. The lowest BCUT2D eigenvalue weighted by Crippen LogP contribution is -2.50. The van der Waals surface area contributed by atoms with E-state index in [0.717, 1.165) is 36.1 Å². The van der Waals surface area contributed by atoms with Crippen molar-refractivity contribution in [2.24, 2.45) is 0 Å². The molecule has 1 aliphatic rings. The number of nitrogens with zero attached hydrogens (tertiary/aromatic N) is 4. The minimum Gasteiger partial charge on any atom is -0.360 e. The van der Waals surface area contributed by atoms with E-state index in [-0.39, 0.29) is 18.4 Å². The Morgan fingerprint density at radius 1 is 1.20 bits per heavy atom. The van der Waals surface area contributed by atoms with Crippen molar-refractivity contribution in [2.45, 2.75) is 77.0 Å². The maximum atomic E-state index is 13.2. The van der Waals surface area contributed by atoms with Crippen molar-refractivity contribution in [1.29, 1.82) is 5.26 Å². The van der Waals surface area contributed by atoms with Crippen LogP contribution in [-0.2, 0) is 24.3 Å². The number of carbonyl (C=O) groups excluding carboxylic acids is 1. The summed E-state index contributed by atoms with van der Waals surface area (Å²) in [5, 5.41) is 17.5. The number of amides is 1. The van der Waals surface area contributed by atoms with Crippen molar-refractivity contribution in [3.63, 3.8) is 0 Å². The standard InChI is InChI=1S/C31H36Cl2N6OS/c1-2-25(36-29(40)15-27-17-35-21-39(27)18-23-13-11-22(16-34)12-14-23)20-38(19-24-7-6-10-28(32)30(24)33)31(41)37-26-8-4-3-5-9-26/h6-7,10-14,17,21,25-26H,2-5,8-9,15,18-20H2,1H3,(H,36,40)(H,37,41)/t25-/m0/s1. The molecule has 0 saturated heterocycles. The van der Waals surface area contributed by atoms with E-state index >= 15 is 0 Å². The molecule has 1 saturated carbocycles. The van der Waals surface area contributed by atoms with Gasteiger partial charge in [0.1, 0.15) is 0 Å². The van der Waals surface area contributed by atoms with Crippen LogP contribution in [0.3, 0.4) is 0 Å². The first-order chi connectivity index (χ1) is 19.9. The van der Waals surface area contributed by atoms with Crippen molar-refractivity contribution < 1.29 is 4.79 Å². The normalized spacial score (nSPS) is 14.2. The molecule has 0 unspecified atom stereocenters. The summed E-state index contributed by atoms with van der Waals surface area (Å²) in [6.07, 6.45) is 10.3. The van der Waals surface area contributed by atoms with E-state index in [1.807, 2.05) is 28.8 Å². The predicted molar refractivity (Wildman–Crippen MR) is 168 cm³/mol. The number of halogens is 2. The van der Waals surface area contributed by atoms with Gasteiger partial charge in [-0.1, -0.05) is 73.7 Å². The lowest BCUT2D eigenvalue weighted by Gasteiger charge is -2.33. The van der Waals surface area contributed by atoms with Crippen molar-refractivity contribution in [1.82, 2.24) is 25.1 Å². The lowest BCUT2D eigenvalue weighted by atomic mass is 9.96. The Morgan fingerprint density at radius 3 is 2.66 bits per heavy atom. The summed E-state index contributed by atoms with van der Waals surface area (Å²) in [6, 6.07) is 15.4. The fourth-order valence-electron chi connectivity index (χ4n) is 5.11. The van der Waals surface area contributed by atoms with Gasteiger partial charge in [-0.05, 0) is 60.8 Å². The molecule has 1 aromatic heterocycles. The van der Waals surface area contributed by atoms with Gasteiger partial charge >= 0.3 is 0 Å². The van der Waals surface area contributed by atoms with Gasteiger partial charge in [-0.25, -0.2) is 4.98 Å². The molecular formula is C31H36Cl2N6OS. The second kappa shape index (κ2) is 15.2. The molecular weight excluding hydrogens is 575 g/mol. The van der Waals surface area contributed by atoms with E-state index in [1.54, 1.807) is 30.7 Å². The van der Waals surface area contributed by atoms with Crippen LogP contribution in [0.25, 0.3) is 0 Å². The second-order valence-electron chi connectivity index (χ2n) is 10.5. The smallest absolute Gasteiger partial charge is 0.226 e. The maximum Gasteiger partial charge on any atom is 0.226 e. The van der Waals surface area contributed by atoms with Gasteiger partial charge in [0.2, 0.25) is 5.91 Å². The third-order valence-corrected chi connectivity index (χ3v) is 8.72. The molecule has 1 amide bonds. The lowest BCUT2D eigenvalue weighted by molar-refractivity contribution is -0.121. The Balaban J connectivity index is 1.41. The van der Waals surface area contributed by atoms with Crippen LogP contribution in [0.2, 0.25) is 10.0 Å². The summed E-state index contributed by atoms with van der Waals surface area (Å²) in [5.41, 5.74) is 3.35. The van der Waals surface area contributed by atoms with Crippen LogP contribution in [0, 0.1) is 11.3 Å². The van der Waals surface area contributed by atoms with Gasteiger partial charge in [-0.15, -0.1) is 0 Å². The number of nitriles is 1. The van der Waals surface area contributed by atoms with Crippen molar-refractivity contribution >= 4 is 46.4 Å². The molecule has 3 aromatic rings. The van der Waals surface area contributed by atoms with Gasteiger partial charge in [0, 0.05) is 43.6 Å². The highest BCUT2D eigenvalue weighted by Gasteiger charge is 2.22. The quantitative estimate of drug-likeness (QED) is 0.249. The van der Waals surface area contributed by atoms with E-state index < -0.39 is 0 Å². The Labute approximate surface area is 257 Å². The first-order valence-electron chi connectivity index (χ1n) is 14.1. The fourth-order valence-corrected chi connectivity index (χ4v) is 5.80. The van der Waals surface area contributed by atoms with Crippen LogP contribution < -0.4 is 10.6 Å². The van der Waals surface area contributed by atoms with Gasteiger partial charge in [-0.2, -0.15) is 5.26 Å². The molecule has 1 heterocycles. The number of hydrogen-bond donors (Lipinski definition) is 2. The Morgan fingerprint density at radius 2 is 1.95 bits per heavy atom. The van der Waals surface area contributed by atoms with Crippen molar-refractivity contribution in [3.05, 3.63) is 87.4 Å². The molecule has 216 valence electrons. The molecule has 0 radical (unpaired) electrons. The van der Waals surface area contributed by atoms with Crippen molar-refractivity contribution in [2.75, 3.05) is 6.54 Å². The van der Waals surface area contributed by atoms with Crippen LogP contribution in [0.15, 0.2) is 55.0 Å². The van der Waals surface area contributed by atoms with Crippen molar-refractivity contribution in [3.8, 4) is 6.07 Å². The molecule has 0 aliphatic heterocycles. The first-order valence-corrected chi connectivity index (χ1v) is 15.3.